The van der Waals surface area contributed by atoms with Gasteiger partial charge in [0, 0.05) is 12.2 Å². The van der Waals surface area contributed by atoms with Crippen molar-refractivity contribution in [1.29, 1.82) is 0 Å². The molecule has 1 aromatic carbocycles. The molecule has 1 aliphatic heterocycles. The molecule has 2 rings (SSSR count). The van der Waals surface area contributed by atoms with Gasteiger partial charge in [-0.15, -0.1) is 6.42 Å². The summed E-state index contributed by atoms with van der Waals surface area (Å²) in [5, 5.41) is 0. The Morgan fingerprint density at radius 1 is 1.35 bits per heavy atom. The Bertz CT molecular complexity index is 414. The topological polar surface area (TPSA) is 3.24 Å². The van der Waals surface area contributed by atoms with Crippen LogP contribution in [0.2, 0.25) is 0 Å². The van der Waals surface area contributed by atoms with Crippen molar-refractivity contribution in [2.75, 3.05) is 18.0 Å². The third-order valence-electron chi connectivity index (χ3n) is 3.49. The first-order chi connectivity index (χ1) is 8.35. The van der Waals surface area contributed by atoms with Crippen molar-refractivity contribution in [3.05, 3.63) is 29.3 Å². The van der Waals surface area contributed by atoms with Gasteiger partial charge in [-0.05, 0) is 36.5 Å². The van der Waals surface area contributed by atoms with E-state index in [0.717, 1.165) is 19.5 Å². The highest BCUT2D eigenvalue weighted by Crippen LogP contribution is 2.28. The van der Waals surface area contributed by atoms with Crippen LogP contribution in [0.25, 0.3) is 0 Å². The van der Waals surface area contributed by atoms with Crippen LogP contribution < -0.4 is 4.90 Å². The van der Waals surface area contributed by atoms with Gasteiger partial charge in [-0.3, -0.25) is 0 Å². The van der Waals surface area contributed by atoms with E-state index in [1.165, 1.54) is 42.5 Å². The first-order valence-corrected chi connectivity index (χ1v) is 6.65. The number of unbranched alkanes of at least 4 members (excludes halogenated alkanes) is 2. The molecule has 0 aromatic heterocycles. The van der Waals surface area contributed by atoms with E-state index in [1.54, 1.807) is 0 Å². The number of aryl methyl sites for hydroxylation is 1. The summed E-state index contributed by atoms with van der Waals surface area (Å²) in [6, 6.07) is 6.89. The number of anilines is 1. The first kappa shape index (κ1) is 12.0. The Balaban J connectivity index is 2.04. The Kier molecular flexibility index (Phi) is 4.09. The van der Waals surface area contributed by atoms with E-state index >= 15 is 0 Å². The molecule has 0 atom stereocenters. The van der Waals surface area contributed by atoms with Gasteiger partial charge < -0.3 is 4.90 Å². The van der Waals surface area contributed by atoms with Crippen LogP contribution >= 0.6 is 0 Å². The monoisotopic (exact) mass is 227 g/mol. The van der Waals surface area contributed by atoms with Gasteiger partial charge in [0.25, 0.3) is 0 Å². The van der Waals surface area contributed by atoms with Gasteiger partial charge in [-0.2, -0.15) is 0 Å². The molecule has 0 bridgehead atoms. The largest absolute Gasteiger partial charge is 0.360 e. The van der Waals surface area contributed by atoms with Crippen LogP contribution in [0.5, 0.6) is 0 Å². The summed E-state index contributed by atoms with van der Waals surface area (Å²) in [6.07, 6.45) is 11.7. The Morgan fingerprint density at radius 3 is 3.00 bits per heavy atom. The van der Waals surface area contributed by atoms with Crippen LogP contribution in [0.15, 0.2) is 18.2 Å². The predicted molar refractivity (Wildman–Crippen MR) is 74.4 cm³/mol. The SMILES string of the molecule is C#CCN1CCc2cc(CCCCC)ccc21. The van der Waals surface area contributed by atoms with Gasteiger partial charge in [0.05, 0.1) is 6.54 Å². The standard InChI is InChI=1S/C16H21N/c1-3-5-6-7-14-8-9-16-15(13-14)10-12-17(16)11-4-2/h2,8-9,13H,3,5-7,10-12H2,1H3. The van der Waals surface area contributed by atoms with Crippen molar-refractivity contribution in [2.24, 2.45) is 0 Å². The molecule has 0 unspecified atom stereocenters. The maximum absolute atomic E-state index is 5.38. The number of benzene rings is 1. The molecule has 0 spiro atoms. The summed E-state index contributed by atoms with van der Waals surface area (Å²) in [5.74, 6) is 2.73. The Labute approximate surface area is 105 Å². The zero-order chi connectivity index (χ0) is 12.1. The quantitative estimate of drug-likeness (QED) is 0.550. The predicted octanol–water partition coefficient (Wildman–Crippen LogP) is 3.42. The Morgan fingerprint density at radius 2 is 2.24 bits per heavy atom. The van der Waals surface area contributed by atoms with Crippen molar-refractivity contribution in [3.63, 3.8) is 0 Å². The zero-order valence-electron chi connectivity index (χ0n) is 10.7. The fraction of sp³-hybridized carbons (Fsp3) is 0.500. The summed E-state index contributed by atoms with van der Waals surface area (Å²) in [6.45, 7) is 4.07. The van der Waals surface area contributed by atoms with Crippen LogP contribution in [-0.4, -0.2) is 13.1 Å². The summed E-state index contributed by atoms with van der Waals surface area (Å²) in [4.78, 5) is 2.30. The number of nitrogens with zero attached hydrogens (tertiary/aromatic N) is 1. The molecule has 1 heteroatoms. The summed E-state index contributed by atoms with van der Waals surface area (Å²) < 4.78 is 0. The maximum atomic E-state index is 5.38. The highest BCUT2D eigenvalue weighted by molar-refractivity contribution is 5.59. The second-order valence-corrected chi connectivity index (χ2v) is 4.80. The number of terminal acetylenes is 1. The number of hydrogen-bond acceptors (Lipinski definition) is 1. The molecule has 1 aromatic rings. The molecular formula is C16H21N. The number of hydrogen-bond donors (Lipinski definition) is 0. The lowest BCUT2D eigenvalue weighted by Crippen LogP contribution is -2.20. The van der Waals surface area contributed by atoms with Gasteiger partial charge in [-0.25, -0.2) is 0 Å². The van der Waals surface area contributed by atoms with Crippen molar-refractivity contribution < 1.29 is 0 Å². The lowest BCUT2D eigenvalue weighted by atomic mass is 10.0. The van der Waals surface area contributed by atoms with Crippen LogP contribution in [0, 0.1) is 12.3 Å². The van der Waals surface area contributed by atoms with Crippen LogP contribution in [0.1, 0.15) is 37.3 Å². The lowest BCUT2D eigenvalue weighted by Gasteiger charge is -2.16. The highest BCUT2D eigenvalue weighted by atomic mass is 15.1. The smallest absolute Gasteiger partial charge is 0.0791 e. The summed E-state index contributed by atoms with van der Waals surface area (Å²) in [5.41, 5.74) is 4.32. The van der Waals surface area contributed by atoms with Crippen LogP contribution in [0.3, 0.4) is 0 Å². The maximum Gasteiger partial charge on any atom is 0.0791 e. The minimum absolute atomic E-state index is 0.738. The van der Waals surface area contributed by atoms with Crippen molar-refractivity contribution in [3.8, 4) is 12.3 Å². The second kappa shape index (κ2) is 5.77. The minimum Gasteiger partial charge on any atom is -0.360 e. The molecule has 90 valence electrons. The molecule has 1 aliphatic rings. The molecule has 1 nitrogen and oxygen atoms in total. The van der Waals surface area contributed by atoms with Gasteiger partial charge in [0.15, 0.2) is 0 Å². The molecule has 0 saturated heterocycles. The molecule has 17 heavy (non-hydrogen) atoms. The van der Waals surface area contributed by atoms with E-state index in [1.807, 2.05) is 0 Å². The summed E-state index contributed by atoms with van der Waals surface area (Å²) in [7, 11) is 0. The fourth-order valence-electron chi connectivity index (χ4n) is 2.53. The highest BCUT2D eigenvalue weighted by Gasteiger charge is 2.17. The molecular weight excluding hydrogens is 206 g/mol. The van der Waals surface area contributed by atoms with Gasteiger partial charge >= 0.3 is 0 Å². The van der Waals surface area contributed by atoms with Gasteiger partial charge in [0.2, 0.25) is 0 Å². The second-order valence-electron chi connectivity index (χ2n) is 4.80. The van der Waals surface area contributed by atoms with Crippen molar-refractivity contribution in [1.82, 2.24) is 0 Å². The fourth-order valence-corrected chi connectivity index (χ4v) is 2.53. The van der Waals surface area contributed by atoms with E-state index in [9.17, 15) is 0 Å². The number of fused-ring (bicyclic) bond motifs is 1. The van der Waals surface area contributed by atoms with Crippen molar-refractivity contribution >= 4 is 5.69 Å². The molecule has 1 heterocycles. The molecule has 0 saturated carbocycles. The lowest BCUT2D eigenvalue weighted by molar-refractivity contribution is 0.717. The normalized spacial score (nSPS) is 13.5. The van der Waals surface area contributed by atoms with E-state index < -0.39 is 0 Å². The molecule has 0 radical (unpaired) electrons. The Hall–Kier alpha value is -1.42. The number of rotatable bonds is 5. The molecule has 0 aliphatic carbocycles. The average Bonchev–Trinajstić information content (AvgIpc) is 2.73. The molecule has 0 N–H and O–H groups in total. The summed E-state index contributed by atoms with van der Waals surface area (Å²) >= 11 is 0. The molecule has 0 fully saturated rings. The van der Waals surface area contributed by atoms with Crippen LogP contribution in [-0.2, 0) is 12.8 Å². The minimum atomic E-state index is 0.738. The molecule has 0 amide bonds. The third kappa shape index (κ3) is 2.82. The van der Waals surface area contributed by atoms with E-state index in [-0.39, 0.29) is 0 Å². The van der Waals surface area contributed by atoms with E-state index in [4.69, 9.17) is 6.42 Å². The third-order valence-corrected chi connectivity index (χ3v) is 3.49. The van der Waals surface area contributed by atoms with Gasteiger partial charge in [0.1, 0.15) is 0 Å². The average molecular weight is 227 g/mol. The van der Waals surface area contributed by atoms with E-state index in [2.05, 4.69) is 35.9 Å². The first-order valence-electron chi connectivity index (χ1n) is 6.65. The zero-order valence-corrected chi connectivity index (χ0v) is 10.7. The van der Waals surface area contributed by atoms with Crippen molar-refractivity contribution in [2.45, 2.75) is 39.0 Å². The van der Waals surface area contributed by atoms with E-state index in [0.29, 0.717) is 0 Å². The van der Waals surface area contributed by atoms with Crippen LogP contribution in [0.4, 0.5) is 5.69 Å². The van der Waals surface area contributed by atoms with Gasteiger partial charge in [-0.1, -0.05) is 37.8 Å².